The average Bonchev–Trinajstić information content (AvgIpc) is 2.92. The molecule has 0 unspecified atom stereocenters. The zero-order chi connectivity index (χ0) is 24.0. The van der Waals surface area contributed by atoms with Gasteiger partial charge in [-0.2, -0.15) is 0 Å². The molecule has 5 rings (SSSR count). The second kappa shape index (κ2) is 10.8. The number of anilines is 2. The summed E-state index contributed by atoms with van der Waals surface area (Å²) >= 11 is 0. The van der Waals surface area contributed by atoms with Crippen LogP contribution in [-0.4, -0.2) is 76.6 Å². The van der Waals surface area contributed by atoms with Crippen LogP contribution in [0.3, 0.4) is 0 Å². The Bertz CT molecular complexity index is 1140. The van der Waals surface area contributed by atoms with Crippen molar-refractivity contribution in [3.63, 3.8) is 0 Å². The van der Waals surface area contributed by atoms with Crippen molar-refractivity contribution in [1.29, 1.82) is 0 Å². The van der Waals surface area contributed by atoms with Crippen molar-refractivity contribution in [1.82, 2.24) is 30.2 Å². The summed E-state index contributed by atoms with van der Waals surface area (Å²) in [6, 6.07) is 6.40. The Labute approximate surface area is 204 Å². The van der Waals surface area contributed by atoms with Gasteiger partial charge >= 0.3 is 0 Å². The summed E-state index contributed by atoms with van der Waals surface area (Å²) in [5, 5.41) is 11.2. The van der Waals surface area contributed by atoms with E-state index in [1.54, 1.807) is 25.7 Å². The van der Waals surface area contributed by atoms with Crippen LogP contribution in [0, 0.1) is 5.92 Å². The van der Waals surface area contributed by atoms with Gasteiger partial charge < -0.3 is 25.6 Å². The molecule has 1 saturated heterocycles. The molecule has 0 aromatic carbocycles. The molecule has 3 N–H and O–H groups in total. The number of nitrogens with zero attached hydrogens (tertiary/aromatic N) is 5. The monoisotopic (exact) mass is 476 g/mol. The molecule has 184 valence electrons. The molecule has 1 amide bonds. The van der Waals surface area contributed by atoms with Gasteiger partial charge in [0.2, 0.25) is 11.8 Å². The number of rotatable bonds is 7. The second-order valence-corrected chi connectivity index (χ2v) is 9.17. The van der Waals surface area contributed by atoms with Crippen LogP contribution in [0.4, 0.5) is 11.8 Å². The van der Waals surface area contributed by atoms with E-state index in [2.05, 4.69) is 30.9 Å². The van der Waals surface area contributed by atoms with Crippen LogP contribution in [0.5, 0.6) is 5.88 Å². The standard InChI is InChI=1S/C25H32N8O2/c1-35-23-22-18(8-9-27-23)4-7-21(32-22)31-20-5-2-17(3-6-20)14-28-25-29-15-19(16-30-25)24(34)33-12-10-26-11-13-33/h4,7-9,15-17,20,26H,2-3,5-6,10-14H2,1H3,(H,31,32)(H,28,29,30). The second-order valence-electron chi connectivity index (χ2n) is 9.17. The number of nitrogens with one attached hydrogen (secondary N) is 3. The van der Waals surface area contributed by atoms with Gasteiger partial charge in [0.15, 0.2) is 0 Å². The normalized spacial score (nSPS) is 20.4. The lowest BCUT2D eigenvalue weighted by Gasteiger charge is -2.29. The van der Waals surface area contributed by atoms with E-state index in [1.807, 2.05) is 23.1 Å². The summed E-state index contributed by atoms with van der Waals surface area (Å²) in [6.07, 6.45) is 9.37. The fourth-order valence-electron chi connectivity index (χ4n) is 4.79. The third-order valence-electron chi connectivity index (χ3n) is 6.82. The summed E-state index contributed by atoms with van der Waals surface area (Å²) in [7, 11) is 1.62. The number of carbonyl (C=O) groups is 1. The fraction of sp³-hybridized carbons (Fsp3) is 0.480. The molecule has 3 aromatic rings. The molecule has 3 aromatic heterocycles. The largest absolute Gasteiger partial charge is 0.479 e. The van der Waals surface area contributed by atoms with Gasteiger partial charge in [0.1, 0.15) is 11.3 Å². The molecule has 0 spiro atoms. The number of hydrogen-bond acceptors (Lipinski definition) is 9. The van der Waals surface area contributed by atoms with E-state index in [4.69, 9.17) is 9.72 Å². The Morgan fingerprint density at radius 2 is 1.86 bits per heavy atom. The van der Waals surface area contributed by atoms with E-state index in [-0.39, 0.29) is 5.91 Å². The van der Waals surface area contributed by atoms with Crippen LogP contribution < -0.4 is 20.7 Å². The third-order valence-corrected chi connectivity index (χ3v) is 6.82. The van der Waals surface area contributed by atoms with Gasteiger partial charge in [-0.1, -0.05) is 0 Å². The van der Waals surface area contributed by atoms with E-state index < -0.39 is 0 Å². The number of aromatic nitrogens is 4. The zero-order valence-corrected chi connectivity index (χ0v) is 20.0. The van der Waals surface area contributed by atoms with E-state index >= 15 is 0 Å². The van der Waals surface area contributed by atoms with Crippen molar-refractivity contribution in [2.75, 3.05) is 50.5 Å². The highest BCUT2D eigenvalue weighted by Gasteiger charge is 2.22. The topological polar surface area (TPSA) is 117 Å². The highest BCUT2D eigenvalue weighted by Crippen LogP contribution is 2.28. The van der Waals surface area contributed by atoms with Gasteiger partial charge in [0.05, 0.1) is 12.7 Å². The molecule has 1 saturated carbocycles. The minimum absolute atomic E-state index is 0.000479. The number of pyridine rings is 2. The first-order valence-electron chi connectivity index (χ1n) is 12.3. The smallest absolute Gasteiger partial charge is 0.257 e. The van der Waals surface area contributed by atoms with Gasteiger partial charge in [-0.05, 0) is 49.8 Å². The molecule has 10 nitrogen and oxygen atoms in total. The first-order valence-corrected chi connectivity index (χ1v) is 12.3. The van der Waals surface area contributed by atoms with Crippen LogP contribution in [0.15, 0.2) is 36.8 Å². The van der Waals surface area contributed by atoms with Gasteiger partial charge in [-0.15, -0.1) is 0 Å². The molecule has 1 aliphatic carbocycles. The predicted octanol–water partition coefficient (Wildman–Crippen LogP) is 2.56. The highest BCUT2D eigenvalue weighted by molar-refractivity contribution is 5.93. The lowest BCUT2D eigenvalue weighted by Crippen LogP contribution is -2.46. The molecule has 0 atom stereocenters. The Kier molecular flexibility index (Phi) is 7.17. The van der Waals surface area contributed by atoms with Crippen LogP contribution in [0.1, 0.15) is 36.0 Å². The van der Waals surface area contributed by atoms with Gasteiger partial charge in [-0.25, -0.2) is 19.9 Å². The summed E-state index contributed by atoms with van der Waals surface area (Å²) in [5.41, 5.74) is 1.32. The molecule has 35 heavy (non-hydrogen) atoms. The predicted molar refractivity (Wildman–Crippen MR) is 135 cm³/mol. The van der Waals surface area contributed by atoms with Gasteiger partial charge in [0.25, 0.3) is 5.91 Å². The highest BCUT2D eigenvalue weighted by atomic mass is 16.5. The third kappa shape index (κ3) is 5.59. The minimum Gasteiger partial charge on any atom is -0.479 e. The van der Waals surface area contributed by atoms with Crippen molar-refractivity contribution in [2.45, 2.75) is 31.7 Å². The maximum atomic E-state index is 12.6. The maximum Gasteiger partial charge on any atom is 0.257 e. The van der Waals surface area contributed by atoms with E-state index in [0.717, 1.165) is 75.1 Å². The summed E-state index contributed by atoms with van der Waals surface area (Å²) < 4.78 is 5.36. The number of ether oxygens (including phenoxy) is 1. The molecule has 4 heterocycles. The number of methoxy groups -OCH3 is 1. The number of fused-ring (bicyclic) bond motifs is 1. The Morgan fingerprint density at radius 3 is 2.60 bits per heavy atom. The molecular formula is C25H32N8O2. The van der Waals surface area contributed by atoms with Crippen LogP contribution in [0.2, 0.25) is 0 Å². The molecule has 2 aliphatic rings. The quantitative estimate of drug-likeness (QED) is 0.473. The van der Waals surface area contributed by atoms with E-state index in [1.165, 1.54) is 0 Å². The molecule has 1 aliphatic heterocycles. The van der Waals surface area contributed by atoms with Crippen molar-refractivity contribution >= 4 is 28.6 Å². The maximum absolute atomic E-state index is 12.6. The SMILES string of the molecule is COc1nccc2ccc(NC3CCC(CNc4ncc(C(=O)N5CCNCC5)cn4)CC3)nc12. The first-order chi connectivity index (χ1) is 17.2. The number of carbonyl (C=O) groups excluding carboxylic acids is 1. The number of amides is 1. The van der Waals surface area contributed by atoms with E-state index in [0.29, 0.717) is 29.4 Å². The van der Waals surface area contributed by atoms with Gasteiger partial charge in [-0.3, -0.25) is 4.79 Å². The lowest BCUT2D eigenvalue weighted by molar-refractivity contribution is 0.0735. The molecule has 10 heteroatoms. The zero-order valence-electron chi connectivity index (χ0n) is 20.0. The van der Waals surface area contributed by atoms with Crippen LogP contribution >= 0.6 is 0 Å². The van der Waals surface area contributed by atoms with Crippen molar-refractivity contribution in [3.8, 4) is 5.88 Å². The Morgan fingerprint density at radius 1 is 1.09 bits per heavy atom. The molecule has 0 radical (unpaired) electrons. The molecule has 2 fully saturated rings. The minimum atomic E-state index is -0.000479. The van der Waals surface area contributed by atoms with Crippen LogP contribution in [-0.2, 0) is 0 Å². The average molecular weight is 477 g/mol. The number of piperazine rings is 1. The molecule has 0 bridgehead atoms. The Hall–Kier alpha value is -3.53. The summed E-state index contributed by atoms with van der Waals surface area (Å²) in [5.74, 6) is 2.54. The van der Waals surface area contributed by atoms with E-state index in [9.17, 15) is 4.79 Å². The summed E-state index contributed by atoms with van der Waals surface area (Å²) in [4.78, 5) is 32.1. The lowest BCUT2D eigenvalue weighted by atomic mass is 9.86. The van der Waals surface area contributed by atoms with Crippen molar-refractivity contribution < 1.29 is 9.53 Å². The summed E-state index contributed by atoms with van der Waals surface area (Å²) in [6.45, 7) is 3.93. The Balaban J connectivity index is 1.08. The molecular weight excluding hydrogens is 444 g/mol. The van der Waals surface area contributed by atoms with Crippen molar-refractivity contribution in [3.05, 3.63) is 42.4 Å². The first kappa shape index (κ1) is 23.2. The van der Waals surface area contributed by atoms with Crippen LogP contribution in [0.25, 0.3) is 10.9 Å². The fourth-order valence-corrected chi connectivity index (χ4v) is 4.79. The van der Waals surface area contributed by atoms with Crippen molar-refractivity contribution in [2.24, 2.45) is 5.92 Å². The van der Waals surface area contributed by atoms with Gasteiger partial charge in [0, 0.05) is 62.7 Å². The number of hydrogen-bond donors (Lipinski definition) is 3.